The molecule has 0 bridgehead atoms. The van der Waals surface area contributed by atoms with Crippen LogP contribution in [0.1, 0.15) is 53.9 Å². The van der Waals surface area contributed by atoms with Gasteiger partial charge >= 0.3 is 0 Å². The van der Waals surface area contributed by atoms with Crippen molar-refractivity contribution >= 4 is 11.8 Å². The molecular weight excluding hydrogens is 398 g/mol. The number of fused-ring (bicyclic) bond motifs is 1. The molecule has 0 spiro atoms. The summed E-state index contributed by atoms with van der Waals surface area (Å²) in [5.74, 6) is -0.472. The molecule has 0 radical (unpaired) electrons. The molecule has 32 heavy (non-hydrogen) atoms. The molecule has 0 fully saturated rings. The fourth-order valence-electron chi connectivity index (χ4n) is 4.11. The van der Waals surface area contributed by atoms with Gasteiger partial charge in [0.2, 0.25) is 5.91 Å². The van der Waals surface area contributed by atoms with Crippen LogP contribution in [-0.4, -0.2) is 22.3 Å². The zero-order valence-corrected chi connectivity index (χ0v) is 18.4. The summed E-state index contributed by atoms with van der Waals surface area (Å²) in [6, 6.07) is 24.2. The monoisotopic (exact) mass is 423 g/mol. The predicted molar refractivity (Wildman–Crippen MR) is 124 cm³/mol. The van der Waals surface area contributed by atoms with Crippen LogP contribution in [-0.2, 0) is 11.3 Å². The van der Waals surface area contributed by atoms with Crippen molar-refractivity contribution in [3.8, 4) is 17.2 Å². The van der Waals surface area contributed by atoms with Crippen molar-refractivity contribution in [3.63, 3.8) is 0 Å². The molecule has 1 heterocycles. The van der Waals surface area contributed by atoms with Gasteiger partial charge in [0.05, 0.1) is 11.6 Å². The van der Waals surface area contributed by atoms with Gasteiger partial charge < -0.3 is 10.2 Å². The van der Waals surface area contributed by atoms with Crippen molar-refractivity contribution in [2.45, 2.75) is 38.9 Å². The minimum absolute atomic E-state index is 0.230. The van der Waals surface area contributed by atoms with E-state index in [1.807, 2.05) is 75.4 Å². The number of benzene rings is 3. The molecule has 1 unspecified atom stereocenters. The van der Waals surface area contributed by atoms with Crippen LogP contribution in [0.25, 0.3) is 11.1 Å². The highest BCUT2D eigenvalue weighted by molar-refractivity contribution is 6.05. The summed E-state index contributed by atoms with van der Waals surface area (Å²) in [7, 11) is 0. The lowest BCUT2D eigenvalue weighted by Crippen LogP contribution is -2.46. The van der Waals surface area contributed by atoms with Gasteiger partial charge in [0.25, 0.3) is 5.91 Å². The van der Waals surface area contributed by atoms with E-state index in [0.29, 0.717) is 16.7 Å². The summed E-state index contributed by atoms with van der Waals surface area (Å²) in [4.78, 5) is 28.3. The molecule has 4 rings (SSSR count). The number of hydrogen-bond donors (Lipinski definition) is 1. The lowest BCUT2D eigenvalue weighted by Gasteiger charge is -2.29. The first-order valence-corrected chi connectivity index (χ1v) is 10.6. The lowest BCUT2D eigenvalue weighted by atomic mass is 9.98. The van der Waals surface area contributed by atoms with E-state index in [1.54, 1.807) is 23.1 Å². The van der Waals surface area contributed by atoms with Crippen molar-refractivity contribution in [1.82, 2.24) is 10.2 Å². The van der Waals surface area contributed by atoms with E-state index < -0.39 is 11.6 Å². The molecule has 3 aromatic carbocycles. The Bertz CT molecular complexity index is 1220. The number of carbonyl (C=O) groups excluding carboxylic acids is 2. The molecule has 1 N–H and O–H groups in total. The summed E-state index contributed by atoms with van der Waals surface area (Å²) in [5, 5.41) is 12.3. The lowest BCUT2D eigenvalue weighted by molar-refractivity contribution is -0.127. The van der Waals surface area contributed by atoms with E-state index in [1.165, 1.54) is 0 Å². The zero-order chi connectivity index (χ0) is 22.9. The first kappa shape index (κ1) is 21.3. The van der Waals surface area contributed by atoms with Crippen molar-refractivity contribution < 1.29 is 9.59 Å². The number of nitriles is 1. The van der Waals surface area contributed by atoms with E-state index in [4.69, 9.17) is 0 Å². The summed E-state index contributed by atoms with van der Waals surface area (Å²) in [6.45, 7) is 6.02. The molecule has 5 heteroatoms. The van der Waals surface area contributed by atoms with Gasteiger partial charge in [-0.3, -0.25) is 9.59 Å². The largest absolute Gasteiger partial charge is 0.349 e. The van der Waals surface area contributed by atoms with Crippen LogP contribution in [0.15, 0.2) is 72.8 Å². The van der Waals surface area contributed by atoms with Gasteiger partial charge in [0.1, 0.15) is 6.04 Å². The number of rotatable bonds is 4. The van der Waals surface area contributed by atoms with Crippen LogP contribution in [0.5, 0.6) is 0 Å². The third-order valence-electron chi connectivity index (χ3n) is 5.47. The minimum atomic E-state index is -0.756. The van der Waals surface area contributed by atoms with Crippen LogP contribution in [0.4, 0.5) is 0 Å². The van der Waals surface area contributed by atoms with E-state index in [-0.39, 0.29) is 18.4 Å². The molecule has 160 valence electrons. The zero-order valence-electron chi connectivity index (χ0n) is 18.4. The molecule has 0 saturated carbocycles. The van der Waals surface area contributed by atoms with E-state index in [9.17, 15) is 14.9 Å². The first-order valence-electron chi connectivity index (χ1n) is 10.6. The van der Waals surface area contributed by atoms with Gasteiger partial charge in [-0.15, -0.1) is 0 Å². The molecule has 5 nitrogen and oxygen atoms in total. The molecule has 0 aromatic heterocycles. The summed E-state index contributed by atoms with van der Waals surface area (Å²) >= 11 is 0. The molecule has 1 aliphatic rings. The normalized spacial score (nSPS) is 15.2. The Morgan fingerprint density at radius 2 is 1.69 bits per heavy atom. The predicted octanol–water partition coefficient (Wildman–Crippen LogP) is 4.84. The standard InChI is InChI=1S/C27H25N3O2/c1-27(2,3)29-25(31)24-22-14-13-18(16-28)15-23(22)26(32)30(24)17-20-11-7-8-12-21(20)19-9-5-4-6-10-19/h4-15,24H,17H2,1-3H3,(H,29,31). The van der Waals surface area contributed by atoms with Crippen molar-refractivity contribution in [3.05, 3.63) is 95.1 Å². The van der Waals surface area contributed by atoms with Crippen LogP contribution in [0.2, 0.25) is 0 Å². The van der Waals surface area contributed by atoms with Crippen molar-refractivity contribution in [1.29, 1.82) is 5.26 Å². The van der Waals surface area contributed by atoms with Gasteiger partial charge in [0.15, 0.2) is 0 Å². The Hall–Kier alpha value is -3.91. The fourth-order valence-corrected chi connectivity index (χ4v) is 4.11. The maximum Gasteiger partial charge on any atom is 0.255 e. The Labute approximate surface area is 188 Å². The third-order valence-corrected chi connectivity index (χ3v) is 5.47. The summed E-state index contributed by atoms with van der Waals surface area (Å²) < 4.78 is 0. The molecule has 0 saturated heterocycles. The molecular formula is C27H25N3O2. The molecule has 1 atom stereocenters. The Morgan fingerprint density at radius 1 is 1.00 bits per heavy atom. The topological polar surface area (TPSA) is 73.2 Å². The Kier molecular flexibility index (Phi) is 5.54. The molecule has 3 aromatic rings. The summed E-state index contributed by atoms with van der Waals surface area (Å²) in [5.41, 5.74) is 4.03. The van der Waals surface area contributed by atoms with Gasteiger partial charge in [0, 0.05) is 17.6 Å². The summed E-state index contributed by atoms with van der Waals surface area (Å²) in [6.07, 6.45) is 0. The molecule has 0 aliphatic carbocycles. The van der Waals surface area contributed by atoms with Gasteiger partial charge in [-0.1, -0.05) is 60.7 Å². The average Bonchev–Trinajstić information content (AvgIpc) is 3.04. The van der Waals surface area contributed by atoms with Crippen LogP contribution in [0.3, 0.4) is 0 Å². The second-order valence-corrected chi connectivity index (χ2v) is 9.01. The van der Waals surface area contributed by atoms with Crippen LogP contribution >= 0.6 is 0 Å². The minimum Gasteiger partial charge on any atom is -0.349 e. The molecule has 2 amide bonds. The Morgan fingerprint density at radius 3 is 2.38 bits per heavy atom. The van der Waals surface area contributed by atoms with E-state index in [0.717, 1.165) is 16.7 Å². The molecule has 1 aliphatic heterocycles. The quantitative estimate of drug-likeness (QED) is 0.653. The highest BCUT2D eigenvalue weighted by Crippen LogP contribution is 2.37. The smallest absolute Gasteiger partial charge is 0.255 e. The number of carbonyl (C=O) groups is 2. The second kappa shape index (κ2) is 8.32. The maximum absolute atomic E-state index is 13.4. The second-order valence-electron chi connectivity index (χ2n) is 9.01. The number of nitrogens with one attached hydrogen (secondary N) is 1. The van der Waals surface area contributed by atoms with Crippen molar-refractivity contribution in [2.24, 2.45) is 0 Å². The van der Waals surface area contributed by atoms with Gasteiger partial charge in [-0.05, 0) is 55.2 Å². The SMILES string of the molecule is CC(C)(C)NC(=O)C1c2ccc(C#N)cc2C(=O)N1Cc1ccccc1-c1ccccc1. The van der Waals surface area contributed by atoms with Crippen molar-refractivity contribution in [2.75, 3.05) is 0 Å². The number of amides is 2. The van der Waals surface area contributed by atoms with E-state index in [2.05, 4.69) is 11.4 Å². The van der Waals surface area contributed by atoms with Crippen LogP contribution in [0, 0.1) is 11.3 Å². The third kappa shape index (κ3) is 4.13. The Balaban J connectivity index is 1.77. The van der Waals surface area contributed by atoms with Gasteiger partial charge in [-0.25, -0.2) is 0 Å². The first-order chi connectivity index (χ1) is 15.3. The highest BCUT2D eigenvalue weighted by atomic mass is 16.2. The number of hydrogen-bond acceptors (Lipinski definition) is 3. The fraction of sp³-hybridized carbons (Fsp3) is 0.222. The van der Waals surface area contributed by atoms with E-state index >= 15 is 0 Å². The number of nitrogens with zero attached hydrogens (tertiary/aromatic N) is 2. The average molecular weight is 424 g/mol. The van der Waals surface area contributed by atoms with Crippen LogP contribution < -0.4 is 5.32 Å². The van der Waals surface area contributed by atoms with Gasteiger partial charge in [-0.2, -0.15) is 5.26 Å². The maximum atomic E-state index is 13.4. The highest BCUT2D eigenvalue weighted by Gasteiger charge is 2.42.